The molecule has 1 atom stereocenters. The Kier molecular flexibility index (Phi) is 5.27. The first kappa shape index (κ1) is 14.2. The highest BCUT2D eigenvalue weighted by atomic mass is 16.4. The Morgan fingerprint density at radius 2 is 1.88 bits per heavy atom. The minimum absolute atomic E-state index is 0.193. The fourth-order valence-electron chi connectivity index (χ4n) is 0.837. The van der Waals surface area contributed by atoms with E-state index in [1.54, 1.807) is 6.92 Å². The minimum Gasteiger partial charge on any atom is -0.480 e. The maximum Gasteiger partial charge on any atom is 0.329 e. The van der Waals surface area contributed by atoms with Gasteiger partial charge in [0.05, 0.1) is 6.54 Å². The summed E-state index contributed by atoms with van der Waals surface area (Å²) in [5, 5.41) is 15.8. The van der Waals surface area contributed by atoms with Crippen molar-refractivity contribution >= 4 is 17.9 Å². The van der Waals surface area contributed by atoms with Crippen LogP contribution in [0.2, 0.25) is 0 Å². The van der Waals surface area contributed by atoms with E-state index in [0.29, 0.717) is 0 Å². The molecule has 0 heterocycles. The molecule has 0 aliphatic heterocycles. The molecule has 0 aromatic carbocycles. The lowest BCUT2D eigenvalue weighted by molar-refractivity contribution is -0.143. The summed E-state index contributed by atoms with van der Waals surface area (Å²) in [7, 11) is 1.44. The SMILES string of the molecule is CCC(C)(NC(=O)NCC(=O)NC)C(=O)O. The van der Waals surface area contributed by atoms with Gasteiger partial charge in [-0.15, -0.1) is 0 Å². The van der Waals surface area contributed by atoms with Crippen molar-refractivity contribution in [3.63, 3.8) is 0 Å². The maximum absolute atomic E-state index is 11.3. The highest BCUT2D eigenvalue weighted by Crippen LogP contribution is 2.08. The number of carboxylic acids is 1. The van der Waals surface area contributed by atoms with E-state index in [2.05, 4.69) is 16.0 Å². The van der Waals surface area contributed by atoms with Crippen molar-refractivity contribution in [1.29, 1.82) is 0 Å². The first-order valence-corrected chi connectivity index (χ1v) is 4.85. The Morgan fingerprint density at radius 3 is 2.25 bits per heavy atom. The van der Waals surface area contributed by atoms with E-state index < -0.39 is 17.5 Å². The van der Waals surface area contributed by atoms with Crippen LogP contribution in [0.5, 0.6) is 0 Å². The molecule has 0 fully saturated rings. The summed E-state index contributed by atoms with van der Waals surface area (Å²) in [5.74, 6) is -1.48. The number of amides is 3. The number of likely N-dealkylation sites (N-methyl/N-ethyl adjacent to an activating group) is 1. The first-order chi connectivity index (χ1) is 7.35. The monoisotopic (exact) mass is 231 g/mol. The summed E-state index contributed by atoms with van der Waals surface area (Å²) in [5.41, 5.74) is -1.33. The van der Waals surface area contributed by atoms with Gasteiger partial charge in [0, 0.05) is 7.05 Å². The van der Waals surface area contributed by atoms with Crippen LogP contribution in [0, 0.1) is 0 Å². The van der Waals surface area contributed by atoms with E-state index in [4.69, 9.17) is 5.11 Å². The summed E-state index contributed by atoms with van der Waals surface area (Å²) in [6, 6.07) is -0.685. The van der Waals surface area contributed by atoms with Gasteiger partial charge in [-0.3, -0.25) is 4.79 Å². The lowest BCUT2D eigenvalue weighted by Crippen LogP contribution is -2.55. The van der Waals surface area contributed by atoms with Crippen LogP contribution in [-0.2, 0) is 9.59 Å². The molecule has 92 valence electrons. The van der Waals surface area contributed by atoms with Crippen molar-refractivity contribution in [2.45, 2.75) is 25.8 Å². The summed E-state index contributed by atoms with van der Waals surface area (Å²) >= 11 is 0. The standard InChI is InChI=1S/C9H17N3O4/c1-4-9(2,7(14)15)12-8(16)11-5-6(13)10-3/h4-5H2,1-3H3,(H,10,13)(H,14,15)(H2,11,12,16). The van der Waals surface area contributed by atoms with Crippen LogP contribution in [0.25, 0.3) is 0 Å². The third-order valence-corrected chi connectivity index (χ3v) is 2.26. The summed E-state index contributed by atoms with van der Waals surface area (Å²) in [6.07, 6.45) is 0.246. The van der Waals surface area contributed by atoms with Gasteiger partial charge in [0.25, 0.3) is 0 Å². The number of nitrogens with one attached hydrogen (secondary N) is 3. The van der Waals surface area contributed by atoms with Crippen LogP contribution in [0.1, 0.15) is 20.3 Å². The third kappa shape index (κ3) is 4.16. The Hall–Kier alpha value is -1.79. The summed E-state index contributed by atoms with van der Waals surface area (Å²) in [6.45, 7) is 2.85. The van der Waals surface area contributed by atoms with Crippen molar-refractivity contribution < 1.29 is 19.5 Å². The Morgan fingerprint density at radius 1 is 1.31 bits per heavy atom. The van der Waals surface area contributed by atoms with Gasteiger partial charge in [-0.1, -0.05) is 6.92 Å². The molecule has 0 aromatic heterocycles. The number of carboxylic acid groups (broad SMARTS) is 1. The lowest BCUT2D eigenvalue weighted by atomic mass is 10.00. The van der Waals surface area contributed by atoms with Crippen molar-refractivity contribution in [2.75, 3.05) is 13.6 Å². The molecule has 0 radical (unpaired) electrons. The number of aliphatic carboxylic acids is 1. The van der Waals surface area contributed by atoms with Crippen molar-refractivity contribution in [2.24, 2.45) is 0 Å². The Bertz CT molecular complexity index is 292. The molecule has 4 N–H and O–H groups in total. The molecule has 0 saturated heterocycles. The molecule has 0 spiro atoms. The predicted molar refractivity (Wildman–Crippen MR) is 56.9 cm³/mol. The molecule has 0 rings (SSSR count). The lowest BCUT2D eigenvalue weighted by Gasteiger charge is -2.24. The Labute approximate surface area is 93.6 Å². The maximum atomic E-state index is 11.3. The number of hydrogen-bond acceptors (Lipinski definition) is 3. The smallest absolute Gasteiger partial charge is 0.329 e. The van der Waals surface area contributed by atoms with Gasteiger partial charge in [-0.25, -0.2) is 9.59 Å². The predicted octanol–water partition coefficient (Wildman–Crippen LogP) is -0.715. The van der Waals surface area contributed by atoms with Gasteiger partial charge in [0.2, 0.25) is 5.91 Å². The summed E-state index contributed by atoms with van der Waals surface area (Å²) < 4.78 is 0. The van der Waals surface area contributed by atoms with Gasteiger partial charge >= 0.3 is 12.0 Å². The van der Waals surface area contributed by atoms with Crippen molar-refractivity contribution in [3.8, 4) is 0 Å². The van der Waals surface area contributed by atoms with Crippen LogP contribution in [0.4, 0.5) is 4.79 Å². The first-order valence-electron chi connectivity index (χ1n) is 4.85. The average molecular weight is 231 g/mol. The average Bonchev–Trinajstić information content (AvgIpc) is 2.25. The van der Waals surface area contributed by atoms with E-state index in [1.165, 1.54) is 14.0 Å². The number of hydrogen-bond donors (Lipinski definition) is 4. The molecule has 0 saturated carbocycles. The van der Waals surface area contributed by atoms with Crippen LogP contribution in [0.15, 0.2) is 0 Å². The van der Waals surface area contributed by atoms with Gasteiger partial charge in [-0.05, 0) is 13.3 Å². The molecular formula is C9H17N3O4. The Balaban J connectivity index is 4.22. The summed E-state index contributed by atoms with van der Waals surface area (Å²) in [4.78, 5) is 33.0. The minimum atomic E-state index is -1.33. The highest BCUT2D eigenvalue weighted by Gasteiger charge is 2.32. The van der Waals surface area contributed by atoms with E-state index in [1.807, 2.05) is 0 Å². The number of carbonyl (C=O) groups is 3. The van der Waals surface area contributed by atoms with Crippen molar-refractivity contribution in [1.82, 2.24) is 16.0 Å². The van der Waals surface area contributed by atoms with Crippen LogP contribution < -0.4 is 16.0 Å². The number of carbonyl (C=O) groups excluding carboxylic acids is 2. The highest BCUT2D eigenvalue weighted by molar-refractivity contribution is 5.88. The molecule has 0 aromatic rings. The molecule has 0 bridgehead atoms. The van der Waals surface area contributed by atoms with Gasteiger partial charge in [0.1, 0.15) is 5.54 Å². The second kappa shape index (κ2) is 5.94. The molecule has 0 aliphatic rings. The fraction of sp³-hybridized carbons (Fsp3) is 0.667. The number of rotatable bonds is 5. The molecule has 3 amide bonds. The molecule has 16 heavy (non-hydrogen) atoms. The van der Waals surface area contributed by atoms with Gasteiger partial charge in [-0.2, -0.15) is 0 Å². The molecular weight excluding hydrogens is 214 g/mol. The number of urea groups is 1. The van der Waals surface area contributed by atoms with E-state index in [0.717, 1.165) is 0 Å². The topological polar surface area (TPSA) is 108 Å². The molecule has 0 aliphatic carbocycles. The quantitative estimate of drug-likeness (QED) is 0.501. The second-order valence-corrected chi connectivity index (χ2v) is 3.47. The molecule has 7 nitrogen and oxygen atoms in total. The largest absolute Gasteiger partial charge is 0.480 e. The molecule has 1 unspecified atom stereocenters. The van der Waals surface area contributed by atoms with Gasteiger partial charge < -0.3 is 21.1 Å². The van der Waals surface area contributed by atoms with Crippen LogP contribution in [0.3, 0.4) is 0 Å². The zero-order valence-corrected chi connectivity index (χ0v) is 9.59. The van der Waals surface area contributed by atoms with Crippen LogP contribution >= 0.6 is 0 Å². The second-order valence-electron chi connectivity index (χ2n) is 3.47. The fourth-order valence-corrected chi connectivity index (χ4v) is 0.837. The van der Waals surface area contributed by atoms with Crippen LogP contribution in [-0.4, -0.2) is 42.1 Å². The zero-order valence-electron chi connectivity index (χ0n) is 9.59. The zero-order chi connectivity index (χ0) is 12.8. The normalized spacial score (nSPS) is 13.4. The van der Waals surface area contributed by atoms with Gasteiger partial charge in [0.15, 0.2) is 0 Å². The van der Waals surface area contributed by atoms with E-state index in [9.17, 15) is 14.4 Å². The van der Waals surface area contributed by atoms with E-state index >= 15 is 0 Å². The van der Waals surface area contributed by atoms with Crippen molar-refractivity contribution in [3.05, 3.63) is 0 Å². The molecule has 7 heteroatoms. The van der Waals surface area contributed by atoms with E-state index in [-0.39, 0.29) is 18.9 Å². The third-order valence-electron chi connectivity index (χ3n) is 2.26.